The monoisotopic (exact) mass is 450 g/mol. The summed E-state index contributed by atoms with van der Waals surface area (Å²) in [6.45, 7) is 2.08. The van der Waals surface area contributed by atoms with Gasteiger partial charge in [0.1, 0.15) is 11.4 Å². The number of carbonyl (C=O) groups excluding carboxylic acids is 3. The van der Waals surface area contributed by atoms with Gasteiger partial charge in [-0.15, -0.1) is 0 Å². The Kier molecular flexibility index (Phi) is 3.90. The number of benzene rings is 2. The Morgan fingerprint density at radius 3 is 2.70 bits per heavy atom. The lowest BCUT2D eigenvalue weighted by Crippen LogP contribution is -2.54. The predicted molar refractivity (Wildman–Crippen MR) is 114 cm³/mol. The standard InChI is InChI=1S/C23H19FN4O5/c1-11-4-6-13(10-17(11)28(32)33)27-20(29)18-16-3-2-8-26(16)23(19(18)21(27)30)14-9-12(24)5-7-15(14)25-22(23)31/h4-7,9-10,16,18-19H,2-3,8H2,1H3,(H,25,31)/t16-,18+,19+,23+/m1/s1. The van der Waals surface area contributed by atoms with Gasteiger partial charge in [-0.05, 0) is 50.6 Å². The molecule has 4 atom stereocenters. The van der Waals surface area contributed by atoms with Gasteiger partial charge in [0.2, 0.25) is 17.7 Å². The van der Waals surface area contributed by atoms with Crippen molar-refractivity contribution < 1.29 is 23.7 Å². The number of halogens is 1. The number of fused-ring (bicyclic) bond motifs is 7. The highest BCUT2D eigenvalue weighted by Crippen LogP contribution is 2.60. The quantitative estimate of drug-likeness (QED) is 0.427. The molecule has 6 rings (SSSR count). The zero-order chi connectivity index (χ0) is 23.2. The van der Waals surface area contributed by atoms with Crippen LogP contribution >= 0.6 is 0 Å². The molecule has 168 valence electrons. The highest BCUT2D eigenvalue weighted by molar-refractivity contribution is 6.26. The Bertz CT molecular complexity index is 1300. The van der Waals surface area contributed by atoms with Crippen LogP contribution in [0.25, 0.3) is 0 Å². The number of rotatable bonds is 2. The van der Waals surface area contributed by atoms with Crippen LogP contribution in [0.1, 0.15) is 24.0 Å². The van der Waals surface area contributed by atoms with Crippen molar-refractivity contribution in [3.63, 3.8) is 0 Å². The van der Waals surface area contributed by atoms with E-state index in [0.29, 0.717) is 29.8 Å². The number of amides is 3. The third-order valence-electron chi connectivity index (χ3n) is 7.60. The fraction of sp³-hybridized carbons (Fsp3) is 0.348. The van der Waals surface area contributed by atoms with E-state index in [9.17, 15) is 28.9 Å². The fourth-order valence-electron chi connectivity index (χ4n) is 6.36. The Morgan fingerprint density at radius 1 is 1.15 bits per heavy atom. The molecule has 4 aliphatic rings. The molecule has 3 fully saturated rings. The molecule has 3 saturated heterocycles. The average molecular weight is 450 g/mol. The summed E-state index contributed by atoms with van der Waals surface area (Å²) in [6.07, 6.45) is 1.37. The van der Waals surface area contributed by atoms with Gasteiger partial charge in [-0.1, -0.05) is 6.07 Å². The van der Waals surface area contributed by atoms with Gasteiger partial charge in [-0.2, -0.15) is 0 Å². The Morgan fingerprint density at radius 2 is 1.94 bits per heavy atom. The van der Waals surface area contributed by atoms with Crippen LogP contribution in [0.4, 0.5) is 21.5 Å². The van der Waals surface area contributed by atoms with E-state index in [-0.39, 0.29) is 17.4 Å². The second kappa shape index (κ2) is 6.44. The molecule has 0 unspecified atom stereocenters. The number of anilines is 2. The number of hydrogen-bond donors (Lipinski definition) is 1. The van der Waals surface area contributed by atoms with Gasteiger partial charge in [-0.3, -0.25) is 29.4 Å². The predicted octanol–water partition coefficient (Wildman–Crippen LogP) is 2.47. The lowest BCUT2D eigenvalue weighted by molar-refractivity contribution is -0.385. The number of carbonyl (C=O) groups is 3. The maximum absolute atomic E-state index is 14.3. The second-order valence-electron chi connectivity index (χ2n) is 9.06. The van der Waals surface area contributed by atoms with Crippen LogP contribution < -0.4 is 10.2 Å². The SMILES string of the molecule is Cc1ccc(N2C(=O)[C@H]3[C@H]4CCCN4[C@]4(C(=O)Nc5ccc(F)cc54)[C@@H]3C2=O)cc1[N+](=O)[O-]. The van der Waals surface area contributed by atoms with Crippen molar-refractivity contribution in [3.8, 4) is 0 Å². The molecular formula is C23H19FN4O5. The van der Waals surface area contributed by atoms with Crippen LogP contribution in [0.15, 0.2) is 36.4 Å². The highest BCUT2D eigenvalue weighted by atomic mass is 19.1. The number of nitrogens with zero attached hydrogens (tertiary/aromatic N) is 3. The molecular weight excluding hydrogens is 431 g/mol. The molecule has 33 heavy (non-hydrogen) atoms. The number of nitrogens with one attached hydrogen (secondary N) is 1. The van der Waals surface area contributed by atoms with E-state index in [0.717, 1.165) is 11.3 Å². The van der Waals surface area contributed by atoms with Gasteiger partial charge >= 0.3 is 0 Å². The summed E-state index contributed by atoms with van der Waals surface area (Å²) in [4.78, 5) is 54.7. The van der Waals surface area contributed by atoms with E-state index in [1.54, 1.807) is 6.92 Å². The first-order valence-electron chi connectivity index (χ1n) is 10.8. The zero-order valence-corrected chi connectivity index (χ0v) is 17.6. The van der Waals surface area contributed by atoms with Gasteiger partial charge < -0.3 is 5.32 Å². The minimum Gasteiger partial charge on any atom is -0.324 e. The van der Waals surface area contributed by atoms with Gasteiger partial charge in [0, 0.05) is 28.9 Å². The summed E-state index contributed by atoms with van der Waals surface area (Å²) in [5.41, 5.74) is -0.382. The molecule has 2 aromatic rings. The number of nitro groups is 1. The zero-order valence-electron chi connectivity index (χ0n) is 17.6. The topological polar surface area (TPSA) is 113 Å². The maximum atomic E-state index is 14.3. The molecule has 9 nitrogen and oxygen atoms in total. The van der Waals surface area contributed by atoms with E-state index < -0.39 is 45.8 Å². The molecule has 2 aromatic carbocycles. The normalized spacial score (nSPS) is 30.1. The molecule has 4 aliphatic heterocycles. The Balaban J connectivity index is 1.54. The first-order valence-corrected chi connectivity index (χ1v) is 10.8. The van der Waals surface area contributed by atoms with E-state index in [4.69, 9.17) is 0 Å². The summed E-state index contributed by atoms with van der Waals surface area (Å²) >= 11 is 0. The number of aryl methyl sites for hydroxylation is 1. The van der Waals surface area contributed by atoms with Crippen LogP contribution in [0.2, 0.25) is 0 Å². The van der Waals surface area contributed by atoms with Crippen LogP contribution in [0.5, 0.6) is 0 Å². The molecule has 3 amide bonds. The van der Waals surface area contributed by atoms with E-state index in [2.05, 4.69) is 5.32 Å². The molecule has 1 N–H and O–H groups in total. The first kappa shape index (κ1) is 20.0. The molecule has 10 heteroatoms. The molecule has 0 radical (unpaired) electrons. The fourth-order valence-corrected chi connectivity index (χ4v) is 6.36. The highest BCUT2D eigenvalue weighted by Gasteiger charge is 2.74. The van der Waals surface area contributed by atoms with Crippen LogP contribution in [-0.2, 0) is 19.9 Å². The Labute approximate surface area is 187 Å². The summed E-state index contributed by atoms with van der Waals surface area (Å²) in [5, 5.41) is 14.2. The third-order valence-corrected chi connectivity index (χ3v) is 7.60. The molecule has 0 bridgehead atoms. The van der Waals surface area contributed by atoms with Crippen molar-refractivity contribution in [1.82, 2.24) is 4.90 Å². The van der Waals surface area contributed by atoms with E-state index >= 15 is 0 Å². The number of nitro benzene ring substituents is 1. The lowest BCUT2D eigenvalue weighted by atomic mass is 9.75. The molecule has 0 saturated carbocycles. The molecule has 0 aliphatic carbocycles. The maximum Gasteiger partial charge on any atom is 0.274 e. The first-order chi connectivity index (χ1) is 15.8. The van der Waals surface area contributed by atoms with Gasteiger partial charge in [0.15, 0.2) is 0 Å². The molecule has 4 heterocycles. The number of imide groups is 1. The van der Waals surface area contributed by atoms with Crippen LogP contribution in [0, 0.1) is 34.7 Å². The van der Waals surface area contributed by atoms with Gasteiger partial charge in [0.25, 0.3) is 5.69 Å². The van der Waals surface area contributed by atoms with Gasteiger partial charge in [-0.25, -0.2) is 9.29 Å². The number of hydrogen-bond acceptors (Lipinski definition) is 6. The van der Waals surface area contributed by atoms with Crippen molar-refractivity contribution in [2.24, 2.45) is 11.8 Å². The van der Waals surface area contributed by atoms with Crippen molar-refractivity contribution in [2.75, 3.05) is 16.8 Å². The van der Waals surface area contributed by atoms with Crippen LogP contribution in [-0.4, -0.2) is 40.1 Å². The average Bonchev–Trinajstić information content (AvgIpc) is 3.47. The smallest absolute Gasteiger partial charge is 0.274 e. The van der Waals surface area contributed by atoms with E-state index in [1.807, 2.05) is 4.90 Å². The molecule has 1 spiro atoms. The van der Waals surface area contributed by atoms with Crippen molar-refractivity contribution >= 4 is 34.8 Å². The minimum atomic E-state index is -1.48. The summed E-state index contributed by atoms with van der Waals surface area (Å²) < 4.78 is 14.3. The minimum absolute atomic E-state index is 0.106. The van der Waals surface area contributed by atoms with Crippen molar-refractivity contribution in [3.05, 3.63) is 63.5 Å². The van der Waals surface area contributed by atoms with Crippen LogP contribution in [0.3, 0.4) is 0 Å². The van der Waals surface area contributed by atoms with Crippen molar-refractivity contribution in [2.45, 2.75) is 31.3 Å². The lowest BCUT2D eigenvalue weighted by Gasteiger charge is -2.36. The third kappa shape index (κ3) is 2.31. The van der Waals surface area contributed by atoms with Crippen molar-refractivity contribution in [1.29, 1.82) is 0 Å². The summed E-state index contributed by atoms with van der Waals surface area (Å²) in [6, 6.07) is 7.84. The Hall–Kier alpha value is -3.66. The second-order valence-corrected chi connectivity index (χ2v) is 9.06. The largest absolute Gasteiger partial charge is 0.324 e. The van der Waals surface area contributed by atoms with Gasteiger partial charge in [0.05, 0.1) is 22.4 Å². The summed E-state index contributed by atoms with van der Waals surface area (Å²) in [5.74, 6) is -3.88. The van der Waals surface area contributed by atoms with E-state index in [1.165, 1.54) is 36.4 Å². The summed E-state index contributed by atoms with van der Waals surface area (Å²) in [7, 11) is 0. The molecule has 0 aromatic heterocycles.